The Morgan fingerprint density at radius 2 is 1.93 bits per heavy atom. The molecule has 0 aromatic carbocycles. The van der Waals surface area contributed by atoms with Gasteiger partial charge in [0, 0.05) is 12.6 Å². The van der Waals surface area contributed by atoms with E-state index >= 15 is 0 Å². The molecule has 0 aromatic rings. The molecule has 84 valence electrons. The summed E-state index contributed by atoms with van der Waals surface area (Å²) in [5.74, 6) is 0.901. The van der Waals surface area contributed by atoms with Gasteiger partial charge in [-0.15, -0.1) is 0 Å². The lowest BCUT2D eigenvalue weighted by atomic mass is 9.84. The third-order valence-corrected chi connectivity index (χ3v) is 3.41. The van der Waals surface area contributed by atoms with Crippen LogP contribution in [0.1, 0.15) is 51.9 Å². The summed E-state index contributed by atoms with van der Waals surface area (Å²) in [5.41, 5.74) is 0. The zero-order valence-corrected chi connectivity index (χ0v) is 9.47. The second-order valence-electron chi connectivity index (χ2n) is 4.57. The molecule has 2 heteroatoms. The molecule has 1 rings (SSSR count). The zero-order valence-electron chi connectivity index (χ0n) is 9.47. The van der Waals surface area contributed by atoms with Crippen LogP contribution < -0.4 is 5.32 Å². The molecule has 1 aliphatic carbocycles. The summed E-state index contributed by atoms with van der Waals surface area (Å²) in [6.07, 6.45) is 9.15. The standard InChI is InChI=1S/C12H25NO/c1-11(13-9-5-6-10-14)12-7-3-2-4-8-12/h11-14H,2-10H2,1H3/t11-/m0/s1. The minimum atomic E-state index is 0.333. The Balaban J connectivity index is 2.04. The SMILES string of the molecule is C[C@H](NCCCCO)C1CCCCC1. The third kappa shape index (κ3) is 4.43. The molecule has 0 amide bonds. The van der Waals surface area contributed by atoms with Crippen molar-refractivity contribution in [2.24, 2.45) is 5.92 Å². The summed E-state index contributed by atoms with van der Waals surface area (Å²) in [5, 5.41) is 12.2. The van der Waals surface area contributed by atoms with E-state index in [0.717, 1.165) is 25.3 Å². The van der Waals surface area contributed by atoms with E-state index in [1.165, 1.54) is 32.1 Å². The van der Waals surface area contributed by atoms with E-state index in [4.69, 9.17) is 5.11 Å². The summed E-state index contributed by atoms with van der Waals surface area (Å²) < 4.78 is 0. The number of aliphatic hydroxyl groups excluding tert-OH is 1. The molecule has 1 atom stereocenters. The first-order valence-corrected chi connectivity index (χ1v) is 6.19. The van der Waals surface area contributed by atoms with Crippen LogP contribution in [-0.2, 0) is 0 Å². The quantitative estimate of drug-likeness (QED) is 0.643. The lowest BCUT2D eigenvalue weighted by molar-refractivity contribution is 0.266. The van der Waals surface area contributed by atoms with Gasteiger partial charge in [0.2, 0.25) is 0 Å². The van der Waals surface area contributed by atoms with E-state index in [-0.39, 0.29) is 0 Å². The maximum Gasteiger partial charge on any atom is 0.0431 e. The molecule has 0 unspecified atom stereocenters. The highest BCUT2D eigenvalue weighted by molar-refractivity contribution is 4.75. The van der Waals surface area contributed by atoms with Gasteiger partial charge in [0.05, 0.1) is 0 Å². The Hall–Kier alpha value is -0.0800. The van der Waals surface area contributed by atoms with Crippen molar-refractivity contribution in [1.82, 2.24) is 5.32 Å². The summed E-state index contributed by atoms with van der Waals surface area (Å²) in [6, 6.07) is 0.675. The molecule has 0 radical (unpaired) electrons. The van der Waals surface area contributed by atoms with Crippen LogP contribution in [-0.4, -0.2) is 24.3 Å². The molecule has 0 heterocycles. The van der Waals surface area contributed by atoms with E-state index in [1.807, 2.05) is 0 Å². The Morgan fingerprint density at radius 1 is 1.21 bits per heavy atom. The highest BCUT2D eigenvalue weighted by atomic mass is 16.2. The van der Waals surface area contributed by atoms with Crippen molar-refractivity contribution in [3.63, 3.8) is 0 Å². The second kappa shape index (κ2) is 7.24. The van der Waals surface area contributed by atoms with Gasteiger partial charge in [-0.3, -0.25) is 0 Å². The first-order chi connectivity index (χ1) is 6.84. The van der Waals surface area contributed by atoms with Crippen LogP contribution >= 0.6 is 0 Å². The van der Waals surface area contributed by atoms with Gasteiger partial charge >= 0.3 is 0 Å². The number of nitrogens with one attached hydrogen (secondary N) is 1. The largest absolute Gasteiger partial charge is 0.396 e. The minimum absolute atomic E-state index is 0.333. The molecule has 0 spiro atoms. The summed E-state index contributed by atoms with van der Waals surface area (Å²) in [7, 11) is 0. The number of hydrogen-bond acceptors (Lipinski definition) is 2. The second-order valence-corrected chi connectivity index (χ2v) is 4.57. The van der Waals surface area contributed by atoms with Crippen LogP contribution in [0.2, 0.25) is 0 Å². The molecule has 0 aliphatic heterocycles. The predicted octanol–water partition coefficient (Wildman–Crippen LogP) is 2.32. The van der Waals surface area contributed by atoms with Crippen LogP contribution in [0, 0.1) is 5.92 Å². The van der Waals surface area contributed by atoms with Crippen molar-refractivity contribution < 1.29 is 5.11 Å². The van der Waals surface area contributed by atoms with E-state index in [0.29, 0.717) is 12.6 Å². The predicted molar refractivity (Wildman–Crippen MR) is 60.4 cm³/mol. The normalized spacial score (nSPS) is 21.0. The molecule has 0 aromatic heterocycles. The molecule has 1 saturated carbocycles. The fraction of sp³-hybridized carbons (Fsp3) is 1.00. The smallest absolute Gasteiger partial charge is 0.0431 e. The maximum absolute atomic E-state index is 8.65. The van der Waals surface area contributed by atoms with Gasteiger partial charge in [-0.1, -0.05) is 19.3 Å². The van der Waals surface area contributed by atoms with E-state index in [1.54, 1.807) is 0 Å². The summed E-state index contributed by atoms with van der Waals surface area (Å²) in [4.78, 5) is 0. The van der Waals surface area contributed by atoms with Gasteiger partial charge in [-0.2, -0.15) is 0 Å². The molecule has 1 fully saturated rings. The van der Waals surface area contributed by atoms with Crippen molar-refractivity contribution in [3.8, 4) is 0 Å². The Bertz CT molecular complexity index is 132. The van der Waals surface area contributed by atoms with Gasteiger partial charge in [0.1, 0.15) is 0 Å². The highest BCUT2D eigenvalue weighted by Gasteiger charge is 2.18. The lowest BCUT2D eigenvalue weighted by Gasteiger charge is -2.28. The molecular weight excluding hydrogens is 174 g/mol. The van der Waals surface area contributed by atoms with Crippen molar-refractivity contribution in [3.05, 3.63) is 0 Å². The van der Waals surface area contributed by atoms with Gasteiger partial charge in [-0.05, 0) is 45.1 Å². The summed E-state index contributed by atoms with van der Waals surface area (Å²) in [6.45, 7) is 3.71. The number of hydrogen-bond donors (Lipinski definition) is 2. The highest BCUT2D eigenvalue weighted by Crippen LogP contribution is 2.26. The fourth-order valence-corrected chi connectivity index (χ4v) is 2.37. The van der Waals surface area contributed by atoms with Crippen molar-refractivity contribution >= 4 is 0 Å². The van der Waals surface area contributed by atoms with E-state index in [9.17, 15) is 0 Å². The van der Waals surface area contributed by atoms with Crippen molar-refractivity contribution in [2.75, 3.05) is 13.2 Å². The monoisotopic (exact) mass is 199 g/mol. The Morgan fingerprint density at radius 3 is 2.57 bits per heavy atom. The van der Waals surface area contributed by atoms with Crippen LogP contribution in [0.3, 0.4) is 0 Å². The Kier molecular flexibility index (Phi) is 6.20. The Labute approximate surface area is 88.1 Å². The molecular formula is C12H25NO. The fourth-order valence-electron chi connectivity index (χ4n) is 2.37. The maximum atomic E-state index is 8.65. The summed E-state index contributed by atoms with van der Waals surface area (Å²) >= 11 is 0. The average Bonchev–Trinajstić information content (AvgIpc) is 2.25. The number of rotatable bonds is 6. The number of unbranched alkanes of at least 4 members (excludes halogenated alkanes) is 1. The van der Waals surface area contributed by atoms with Crippen LogP contribution in [0.25, 0.3) is 0 Å². The van der Waals surface area contributed by atoms with Crippen LogP contribution in [0.15, 0.2) is 0 Å². The first-order valence-electron chi connectivity index (χ1n) is 6.19. The third-order valence-electron chi connectivity index (χ3n) is 3.41. The average molecular weight is 199 g/mol. The zero-order chi connectivity index (χ0) is 10.2. The van der Waals surface area contributed by atoms with Crippen molar-refractivity contribution in [2.45, 2.75) is 57.9 Å². The van der Waals surface area contributed by atoms with Gasteiger partial charge in [0.25, 0.3) is 0 Å². The van der Waals surface area contributed by atoms with E-state index < -0.39 is 0 Å². The first kappa shape index (κ1) is 12.0. The van der Waals surface area contributed by atoms with Gasteiger partial charge in [0.15, 0.2) is 0 Å². The number of aliphatic hydroxyl groups is 1. The topological polar surface area (TPSA) is 32.3 Å². The lowest BCUT2D eigenvalue weighted by Crippen LogP contribution is -2.35. The molecule has 2 nitrogen and oxygen atoms in total. The molecule has 0 bridgehead atoms. The molecule has 0 saturated heterocycles. The van der Waals surface area contributed by atoms with E-state index in [2.05, 4.69) is 12.2 Å². The van der Waals surface area contributed by atoms with Gasteiger partial charge < -0.3 is 10.4 Å². The van der Waals surface area contributed by atoms with Crippen LogP contribution in [0.4, 0.5) is 0 Å². The van der Waals surface area contributed by atoms with Gasteiger partial charge in [-0.25, -0.2) is 0 Å². The molecule has 1 aliphatic rings. The molecule has 2 N–H and O–H groups in total. The van der Waals surface area contributed by atoms with Crippen LogP contribution in [0.5, 0.6) is 0 Å². The van der Waals surface area contributed by atoms with Crippen molar-refractivity contribution in [1.29, 1.82) is 0 Å². The minimum Gasteiger partial charge on any atom is -0.396 e. The molecule has 14 heavy (non-hydrogen) atoms.